The number of amides is 1. The van der Waals surface area contributed by atoms with E-state index in [4.69, 9.17) is 10.5 Å². The third kappa shape index (κ3) is 3.80. The molecule has 1 saturated carbocycles. The van der Waals surface area contributed by atoms with Crippen molar-refractivity contribution < 1.29 is 9.53 Å². The van der Waals surface area contributed by atoms with Crippen LogP contribution in [0, 0.1) is 0 Å². The maximum absolute atomic E-state index is 11.6. The summed E-state index contributed by atoms with van der Waals surface area (Å²) in [7, 11) is 3.49. The molecule has 4 nitrogen and oxygen atoms in total. The molecule has 0 aromatic heterocycles. The Hall–Kier alpha value is -0.610. The zero-order chi connectivity index (χ0) is 11.4. The summed E-state index contributed by atoms with van der Waals surface area (Å²) in [6.45, 7) is 1.81. The van der Waals surface area contributed by atoms with E-state index in [1.807, 2.05) is 6.92 Å². The molecule has 0 aromatic rings. The van der Waals surface area contributed by atoms with Crippen molar-refractivity contribution in [2.24, 2.45) is 5.73 Å². The van der Waals surface area contributed by atoms with Crippen LogP contribution in [0.1, 0.15) is 32.6 Å². The third-order valence-corrected chi connectivity index (χ3v) is 2.85. The molecule has 0 spiro atoms. The fraction of sp³-hybridized carbons (Fsp3) is 0.909. The van der Waals surface area contributed by atoms with E-state index in [0.717, 1.165) is 25.7 Å². The molecule has 1 rings (SSSR count). The van der Waals surface area contributed by atoms with Crippen molar-refractivity contribution in [2.75, 3.05) is 14.1 Å². The molecule has 0 heterocycles. The Morgan fingerprint density at radius 3 is 2.67 bits per heavy atom. The smallest absolute Gasteiger partial charge is 0.250 e. The van der Waals surface area contributed by atoms with E-state index in [1.165, 1.54) is 0 Å². The Kier molecular flexibility index (Phi) is 4.54. The number of hydrogen-bond donors (Lipinski definition) is 1. The predicted molar refractivity (Wildman–Crippen MR) is 59.5 cm³/mol. The molecule has 0 bridgehead atoms. The van der Waals surface area contributed by atoms with Crippen LogP contribution in [0.25, 0.3) is 0 Å². The quantitative estimate of drug-likeness (QED) is 0.754. The number of ether oxygens (including phenoxy) is 1. The van der Waals surface area contributed by atoms with Crippen LogP contribution < -0.4 is 5.73 Å². The summed E-state index contributed by atoms with van der Waals surface area (Å²) in [6, 6.07) is 0.241. The zero-order valence-electron chi connectivity index (χ0n) is 9.90. The van der Waals surface area contributed by atoms with E-state index in [2.05, 4.69) is 0 Å². The van der Waals surface area contributed by atoms with Crippen molar-refractivity contribution in [3.63, 3.8) is 0 Å². The molecule has 0 saturated heterocycles. The first-order valence-corrected chi connectivity index (χ1v) is 5.63. The second-order valence-corrected chi connectivity index (χ2v) is 4.56. The molecular formula is C11H22N2O2. The van der Waals surface area contributed by atoms with Gasteiger partial charge >= 0.3 is 0 Å². The van der Waals surface area contributed by atoms with Gasteiger partial charge in [0.05, 0.1) is 6.10 Å². The van der Waals surface area contributed by atoms with Crippen LogP contribution in [0.3, 0.4) is 0 Å². The molecule has 4 heteroatoms. The van der Waals surface area contributed by atoms with E-state index < -0.39 is 0 Å². The van der Waals surface area contributed by atoms with E-state index in [9.17, 15) is 4.79 Å². The molecule has 3 unspecified atom stereocenters. The van der Waals surface area contributed by atoms with Crippen molar-refractivity contribution in [3.8, 4) is 0 Å². The van der Waals surface area contributed by atoms with Crippen molar-refractivity contribution in [3.05, 3.63) is 0 Å². The van der Waals surface area contributed by atoms with Crippen LogP contribution in [0.5, 0.6) is 0 Å². The Balaban J connectivity index is 2.36. The van der Waals surface area contributed by atoms with E-state index in [1.54, 1.807) is 19.0 Å². The molecular weight excluding hydrogens is 192 g/mol. The van der Waals surface area contributed by atoms with Gasteiger partial charge in [-0.2, -0.15) is 0 Å². The summed E-state index contributed by atoms with van der Waals surface area (Å²) in [5.41, 5.74) is 5.86. The fourth-order valence-corrected chi connectivity index (χ4v) is 2.02. The lowest BCUT2D eigenvalue weighted by Gasteiger charge is -2.29. The Bertz CT molecular complexity index is 219. The molecule has 2 N–H and O–H groups in total. The average Bonchev–Trinajstić information content (AvgIpc) is 2.16. The summed E-state index contributed by atoms with van der Waals surface area (Å²) in [5.74, 6) is 0.0224. The van der Waals surface area contributed by atoms with E-state index in [-0.39, 0.29) is 24.2 Å². The van der Waals surface area contributed by atoms with Gasteiger partial charge in [-0.05, 0) is 32.6 Å². The third-order valence-electron chi connectivity index (χ3n) is 2.85. The average molecular weight is 214 g/mol. The summed E-state index contributed by atoms with van der Waals surface area (Å²) >= 11 is 0. The van der Waals surface area contributed by atoms with Gasteiger partial charge in [0, 0.05) is 20.1 Å². The second kappa shape index (κ2) is 5.47. The maximum atomic E-state index is 11.6. The van der Waals surface area contributed by atoms with Crippen molar-refractivity contribution in [1.82, 2.24) is 4.90 Å². The number of likely N-dealkylation sites (N-methyl/N-ethyl adjacent to an activating group) is 1. The normalized spacial score (nSPS) is 28.5. The van der Waals surface area contributed by atoms with Gasteiger partial charge in [-0.25, -0.2) is 0 Å². The predicted octanol–water partition coefficient (Wildman–Crippen LogP) is 0.750. The molecule has 0 aliphatic heterocycles. The minimum Gasteiger partial charge on any atom is -0.365 e. The standard InChI is InChI=1S/C11H22N2O2/c1-8(11(14)13(2)3)15-10-6-4-5-9(12)7-10/h8-10H,4-7,12H2,1-3H3. The van der Waals surface area contributed by atoms with Gasteiger partial charge in [-0.15, -0.1) is 0 Å². The van der Waals surface area contributed by atoms with Crippen LogP contribution in [-0.2, 0) is 9.53 Å². The topological polar surface area (TPSA) is 55.6 Å². The van der Waals surface area contributed by atoms with Crippen molar-refractivity contribution in [1.29, 1.82) is 0 Å². The monoisotopic (exact) mass is 214 g/mol. The van der Waals surface area contributed by atoms with Gasteiger partial charge in [0.15, 0.2) is 0 Å². The highest BCUT2D eigenvalue weighted by atomic mass is 16.5. The SMILES string of the molecule is CC(OC1CCCC(N)C1)C(=O)N(C)C. The van der Waals surface area contributed by atoms with Crippen LogP contribution >= 0.6 is 0 Å². The van der Waals surface area contributed by atoms with Crippen LogP contribution in [0.4, 0.5) is 0 Å². The molecule has 1 aliphatic carbocycles. The minimum absolute atomic E-state index is 0.0224. The first-order chi connectivity index (χ1) is 7.00. The first-order valence-electron chi connectivity index (χ1n) is 5.63. The van der Waals surface area contributed by atoms with Crippen LogP contribution in [0.2, 0.25) is 0 Å². The first kappa shape index (κ1) is 12.5. The maximum Gasteiger partial charge on any atom is 0.250 e. The Morgan fingerprint density at radius 2 is 2.13 bits per heavy atom. The van der Waals surface area contributed by atoms with Gasteiger partial charge in [0.25, 0.3) is 5.91 Å². The summed E-state index contributed by atoms with van der Waals surface area (Å²) in [6.07, 6.45) is 3.90. The molecule has 1 fully saturated rings. The van der Waals surface area contributed by atoms with Crippen molar-refractivity contribution >= 4 is 5.91 Å². The lowest BCUT2D eigenvalue weighted by molar-refractivity contribution is -0.144. The number of nitrogens with two attached hydrogens (primary N) is 1. The highest BCUT2D eigenvalue weighted by Gasteiger charge is 2.24. The zero-order valence-corrected chi connectivity index (χ0v) is 9.90. The van der Waals surface area contributed by atoms with Gasteiger partial charge in [0.2, 0.25) is 0 Å². The van der Waals surface area contributed by atoms with Crippen LogP contribution in [0.15, 0.2) is 0 Å². The van der Waals surface area contributed by atoms with Crippen molar-refractivity contribution in [2.45, 2.75) is 50.9 Å². The minimum atomic E-state index is -0.352. The summed E-state index contributed by atoms with van der Waals surface area (Å²) in [4.78, 5) is 13.1. The van der Waals surface area contributed by atoms with E-state index >= 15 is 0 Å². The molecule has 3 atom stereocenters. The molecule has 1 aliphatic rings. The number of hydrogen-bond acceptors (Lipinski definition) is 3. The molecule has 0 radical (unpaired) electrons. The summed E-state index contributed by atoms with van der Waals surface area (Å²) < 4.78 is 5.71. The molecule has 0 aromatic carbocycles. The van der Waals surface area contributed by atoms with Gasteiger partial charge < -0.3 is 15.4 Å². The lowest BCUT2D eigenvalue weighted by atomic mass is 9.93. The number of nitrogens with zero attached hydrogens (tertiary/aromatic N) is 1. The Morgan fingerprint density at radius 1 is 1.47 bits per heavy atom. The van der Waals surface area contributed by atoms with Gasteiger partial charge in [-0.3, -0.25) is 4.79 Å². The highest BCUT2D eigenvalue weighted by Crippen LogP contribution is 2.21. The fourth-order valence-electron chi connectivity index (χ4n) is 2.02. The van der Waals surface area contributed by atoms with Gasteiger partial charge in [-0.1, -0.05) is 0 Å². The number of carbonyl (C=O) groups is 1. The molecule has 15 heavy (non-hydrogen) atoms. The number of rotatable bonds is 3. The molecule has 88 valence electrons. The summed E-state index contributed by atoms with van der Waals surface area (Å²) in [5, 5.41) is 0. The Labute approximate surface area is 91.8 Å². The largest absolute Gasteiger partial charge is 0.365 e. The van der Waals surface area contributed by atoms with E-state index in [0.29, 0.717) is 0 Å². The molecule has 1 amide bonds. The van der Waals surface area contributed by atoms with Crippen LogP contribution in [-0.4, -0.2) is 43.2 Å². The van der Waals surface area contributed by atoms with Gasteiger partial charge in [0.1, 0.15) is 6.10 Å². The second-order valence-electron chi connectivity index (χ2n) is 4.56. The lowest BCUT2D eigenvalue weighted by Crippen LogP contribution is -2.39. The number of carbonyl (C=O) groups excluding carboxylic acids is 1. The highest BCUT2D eigenvalue weighted by molar-refractivity contribution is 5.79.